The fraction of sp³-hybridized carbons (Fsp3) is 0.793. The van der Waals surface area contributed by atoms with E-state index in [1.54, 1.807) is 4.90 Å². The Morgan fingerprint density at radius 3 is 2.46 bits per heavy atom. The van der Waals surface area contributed by atoms with E-state index >= 15 is 0 Å². The fourth-order valence-corrected chi connectivity index (χ4v) is 5.78. The van der Waals surface area contributed by atoms with Crippen LogP contribution in [-0.4, -0.2) is 76.1 Å². The number of piperidine rings is 1. The lowest BCUT2D eigenvalue weighted by atomic mass is 9.92. The number of likely N-dealkylation sites (N-methyl/N-ethyl adjacent to an activating group) is 1. The summed E-state index contributed by atoms with van der Waals surface area (Å²) < 4.78 is 5.61. The van der Waals surface area contributed by atoms with Crippen molar-refractivity contribution in [2.75, 3.05) is 20.3 Å². The molecule has 2 heterocycles. The highest BCUT2D eigenvalue weighted by molar-refractivity contribution is 7.09. The average molecular weight is 567 g/mol. The van der Waals surface area contributed by atoms with Gasteiger partial charge in [0.05, 0.1) is 6.04 Å². The maximum atomic E-state index is 14.3. The molecule has 0 aliphatic carbocycles. The first-order chi connectivity index (χ1) is 18.3. The zero-order valence-electron chi connectivity index (χ0n) is 25.1. The number of aryl methyl sites for hydroxylation is 1. The van der Waals surface area contributed by atoms with Crippen LogP contribution in [0.15, 0.2) is 5.38 Å². The Hall–Kier alpha value is -2.04. The molecule has 0 bridgehead atoms. The molecule has 2 N–H and O–H groups in total. The zero-order chi connectivity index (χ0) is 29.3. The van der Waals surface area contributed by atoms with E-state index in [2.05, 4.69) is 10.3 Å². The van der Waals surface area contributed by atoms with Crippen LogP contribution in [-0.2, 0) is 19.1 Å². The number of aromatic nitrogens is 1. The van der Waals surface area contributed by atoms with Gasteiger partial charge in [0.25, 0.3) is 0 Å². The van der Waals surface area contributed by atoms with E-state index in [0.717, 1.165) is 31.5 Å². The van der Waals surface area contributed by atoms with E-state index in [4.69, 9.17) is 4.74 Å². The van der Waals surface area contributed by atoms with E-state index in [0.29, 0.717) is 11.4 Å². The van der Waals surface area contributed by atoms with Gasteiger partial charge in [0, 0.05) is 30.0 Å². The van der Waals surface area contributed by atoms with E-state index in [1.807, 2.05) is 65.8 Å². The number of nitrogens with one attached hydrogen (secondary N) is 1. The van der Waals surface area contributed by atoms with E-state index in [9.17, 15) is 19.5 Å². The van der Waals surface area contributed by atoms with Crippen LogP contribution in [0.3, 0.4) is 0 Å². The number of carbonyl (C=O) groups excluding carboxylic acids is 3. The lowest BCUT2D eigenvalue weighted by molar-refractivity contribution is -0.160. The number of likely N-dealkylation sites (tertiary alicyclic amines) is 1. The summed E-state index contributed by atoms with van der Waals surface area (Å²) in [5.74, 6) is -0.886. The SMILES string of the molecule is CCC(C)[C@H](NC(=O)[C@H]1CCCCN1C)C(=O)N(COC(=O)CC(C)C)[C@H](C[C@@H](O)c1nc(C)cs1)C(C)C. The summed E-state index contributed by atoms with van der Waals surface area (Å²) in [4.78, 5) is 48.2. The quantitative estimate of drug-likeness (QED) is 0.255. The number of aliphatic hydroxyl groups is 1. The maximum Gasteiger partial charge on any atom is 0.307 e. The van der Waals surface area contributed by atoms with Gasteiger partial charge in [0.2, 0.25) is 11.8 Å². The molecule has 1 fully saturated rings. The molecule has 10 heteroatoms. The number of hydrogen-bond donors (Lipinski definition) is 2. The highest BCUT2D eigenvalue weighted by Crippen LogP contribution is 2.28. The number of carbonyl (C=O) groups is 3. The summed E-state index contributed by atoms with van der Waals surface area (Å²) in [5, 5.41) is 16.6. The van der Waals surface area contributed by atoms with Crippen LogP contribution in [0.1, 0.15) is 96.9 Å². The molecule has 9 nitrogen and oxygen atoms in total. The van der Waals surface area contributed by atoms with Crippen molar-refractivity contribution in [3.63, 3.8) is 0 Å². The van der Waals surface area contributed by atoms with E-state index < -0.39 is 18.2 Å². The summed E-state index contributed by atoms with van der Waals surface area (Å²) >= 11 is 1.38. The van der Waals surface area contributed by atoms with Gasteiger partial charge in [-0.15, -0.1) is 11.3 Å². The largest absolute Gasteiger partial charge is 0.444 e. The number of hydrogen-bond acceptors (Lipinski definition) is 8. The van der Waals surface area contributed by atoms with Crippen molar-refractivity contribution in [1.29, 1.82) is 0 Å². The summed E-state index contributed by atoms with van der Waals surface area (Å²) in [6.07, 6.45) is 3.09. The molecule has 1 aliphatic heterocycles. The molecule has 0 radical (unpaired) electrons. The smallest absolute Gasteiger partial charge is 0.307 e. The Balaban J connectivity index is 2.36. The van der Waals surface area contributed by atoms with E-state index in [-0.39, 0.29) is 61.2 Å². The molecule has 1 saturated heterocycles. The summed E-state index contributed by atoms with van der Waals surface area (Å²) in [6, 6.07) is -1.49. The van der Waals surface area contributed by atoms with Crippen LogP contribution in [0.5, 0.6) is 0 Å². The minimum absolute atomic E-state index is 0.0498. The number of thiazole rings is 1. The second-order valence-electron chi connectivity index (χ2n) is 11.8. The van der Waals surface area contributed by atoms with Gasteiger partial charge in [0.1, 0.15) is 17.2 Å². The van der Waals surface area contributed by atoms with Crippen LogP contribution in [0, 0.1) is 24.7 Å². The van der Waals surface area contributed by atoms with Crippen molar-refractivity contribution in [3.05, 3.63) is 16.1 Å². The van der Waals surface area contributed by atoms with Crippen molar-refractivity contribution >= 4 is 29.1 Å². The van der Waals surface area contributed by atoms with Crippen LogP contribution in [0.2, 0.25) is 0 Å². The highest BCUT2D eigenvalue weighted by Gasteiger charge is 2.38. The van der Waals surface area contributed by atoms with Gasteiger partial charge in [-0.1, -0.05) is 54.4 Å². The molecule has 2 amide bonds. The summed E-state index contributed by atoms with van der Waals surface area (Å²) in [5.41, 5.74) is 0.831. The first-order valence-electron chi connectivity index (χ1n) is 14.4. The molecule has 0 saturated carbocycles. The monoisotopic (exact) mass is 566 g/mol. The molecule has 1 aromatic rings. The van der Waals surface area contributed by atoms with Crippen LogP contribution >= 0.6 is 11.3 Å². The second kappa shape index (κ2) is 15.7. The van der Waals surface area contributed by atoms with Gasteiger partial charge in [-0.25, -0.2) is 4.98 Å². The number of esters is 1. The number of amides is 2. The molecule has 222 valence electrons. The number of rotatable bonds is 14. The van der Waals surface area contributed by atoms with Crippen molar-refractivity contribution in [2.24, 2.45) is 17.8 Å². The van der Waals surface area contributed by atoms with Gasteiger partial charge in [0.15, 0.2) is 6.73 Å². The first kappa shape index (κ1) is 33.2. The minimum atomic E-state index is -0.870. The number of aliphatic hydroxyl groups excluding tert-OH is 1. The molecular formula is C29H50N4O5S. The Morgan fingerprint density at radius 2 is 1.92 bits per heavy atom. The standard InChI is InChI=1S/C29H50N4O5S/c1-9-20(6)26(31-27(36)22-12-10-11-13-32(22)8)29(37)33(17-38-25(35)14-18(2)3)23(19(4)5)15-24(34)28-30-21(7)16-39-28/h16,18-20,22-24,26,34H,9-15,17H2,1-8H3,(H,31,36)/t20?,22-,23-,24-,26+/m1/s1. The third kappa shape index (κ3) is 9.83. The maximum absolute atomic E-state index is 14.3. The predicted octanol–water partition coefficient (Wildman–Crippen LogP) is 4.29. The van der Waals surface area contributed by atoms with Crippen LogP contribution < -0.4 is 5.32 Å². The van der Waals surface area contributed by atoms with Crippen molar-refractivity contribution < 1.29 is 24.2 Å². The van der Waals surface area contributed by atoms with Crippen molar-refractivity contribution in [1.82, 2.24) is 20.1 Å². The molecule has 5 atom stereocenters. The number of nitrogens with zero attached hydrogens (tertiary/aromatic N) is 3. The number of ether oxygens (including phenoxy) is 1. The molecule has 2 rings (SSSR count). The summed E-state index contributed by atoms with van der Waals surface area (Å²) in [7, 11) is 1.94. The summed E-state index contributed by atoms with van der Waals surface area (Å²) in [6.45, 7) is 14.3. The lowest BCUT2D eigenvalue weighted by Gasteiger charge is -2.39. The van der Waals surface area contributed by atoms with Crippen molar-refractivity contribution in [3.8, 4) is 0 Å². The Labute approximate surface area is 238 Å². The van der Waals surface area contributed by atoms with E-state index in [1.165, 1.54) is 11.3 Å². The predicted molar refractivity (Wildman–Crippen MR) is 154 cm³/mol. The fourth-order valence-electron chi connectivity index (χ4n) is 4.99. The Bertz CT molecular complexity index is 937. The van der Waals surface area contributed by atoms with Crippen LogP contribution in [0.25, 0.3) is 0 Å². The van der Waals surface area contributed by atoms with Crippen LogP contribution in [0.4, 0.5) is 0 Å². The van der Waals surface area contributed by atoms with Gasteiger partial charge < -0.3 is 20.1 Å². The molecule has 0 aromatic carbocycles. The topological polar surface area (TPSA) is 112 Å². The van der Waals surface area contributed by atoms with Gasteiger partial charge in [-0.3, -0.25) is 19.3 Å². The molecule has 39 heavy (non-hydrogen) atoms. The average Bonchev–Trinajstić information content (AvgIpc) is 3.31. The molecule has 1 unspecified atom stereocenters. The van der Waals surface area contributed by atoms with Gasteiger partial charge in [-0.2, -0.15) is 0 Å². The van der Waals surface area contributed by atoms with Gasteiger partial charge >= 0.3 is 5.97 Å². The minimum Gasteiger partial charge on any atom is -0.444 e. The third-order valence-electron chi connectivity index (χ3n) is 7.63. The molecule has 1 aliphatic rings. The second-order valence-corrected chi connectivity index (χ2v) is 12.7. The molecule has 1 aromatic heterocycles. The third-order valence-corrected chi connectivity index (χ3v) is 8.69. The Kier molecular flexibility index (Phi) is 13.3. The lowest BCUT2D eigenvalue weighted by Crippen LogP contribution is -2.59. The molecular weight excluding hydrogens is 516 g/mol. The normalized spacial score (nSPS) is 19.4. The highest BCUT2D eigenvalue weighted by atomic mass is 32.1. The zero-order valence-corrected chi connectivity index (χ0v) is 25.9. The first-order valence-corrected chi connectivity index (χ1v) is 15.3. The molecule has 0 spiro atoms. The van der Waals surface area contributed by atoms with Crippen molar-refractivity contribution in [2.45, 2.75) is 111 Å². The Morgan fingerprint density at radius 1 is 1.23 bits per heavy atom. The van der Waals surface area contributed by atoms with Gasteiger partial charge in [-0.05, 0) is 51.1 Å².